The van der Waals surface area contributed by atoms with Crippen LogP contribution in [0.1, 0.15) is 47.1 Å². The van der Waals surface area contributed by atoms with E-state index in [0.29, 0.717) is 30.4 Å². The maximum absolute atomic E-state index is 13.1. The highest BCUT2D eigenvalue weighted by Crippen LogP contribution is 2.28. The van der Waals surface area contributed by atoms with Gasteiger partial charge in [-0.3, -0.25) is 4.79 Å². The van der Waals surface area contributed by atoms with Crippen LogP contribution in [0.3, 0.4) is 0 Å². The molecular formula is C21H29N3O3S. The predicted molar refractivity (Wildman–Crippen MR) is 111 cm³/mol. The fourth-order valence-electron chi connectivity index (χ4n) is 3.59. The Morgan fingerprint density at radius 2 is 1.79 bits per heavy atom. The molecular weight excluding hydrogens is 374 g/mol. The Kier molecular flexibility index (Phi) is 5.68. The van der Waals surface area contributed by atoms with Crippen molar-refractivity contribution in [1.29, 1.82) is 0 Å². The highest BCUT2D eigenvalue weighted by atomic mass is 32.2. The number of anilines is 1. The molecule has 0 aliphatic carbocycles. The van der Waals surface area contributed by atoms with E-state index in [-0.39, 0.29) is 10.8 Å². The molecule has 2 heterocycles. The number of hydrogen-bond donors (Lipinski definition) is 1. The maximum atomic E-state index is 13.1. The van der Waals surface area contributed by atoms with Crippen LogP contribution < -0.4 is 5.32 Å². The van der Waals surface area contributed by atoms with Crippen LogP contribution in [0.15, 0.2) is 29.2 Å². The number of nitrogens with zero attached hydrogens (tertiary/aromatic N) is 2. The lowest BCUT2D eigenvalue weighted by Crippen LogP contribution is -2.38. The standard InChI is InChI=1S/C21H29N3O3S/c1-14-9-11-24(12-10-14)28(26,27)20-13-19(23(5)17(20)4)21(25)22-18-8-6-7-15(2)16(18)3/h6-8,13-14H,9-12H2,1-5H3,(H,22,25). The Labute approximate surface area is 167 Å². The largest absolute Gasteiger partial charge is 0.343 e. The molecule has 1 aromatic heterocycles. The summed E-state index contributed by atoms with van der Waals surface area (Å²) in [4.78, 5) is 13.1. The number of piperidine rings is 1. The number of aromatic nitrogens is 1. The minimum Gasteiger partial charge on any atom is -0.343 e. The summed E-state index contributed by atoms with van der Waals surface area (Å²) < 4.78 is 29.5. The molecule has 1 N–H and O–H groups in total. The Morgan fingerprint density at radius 3 is 2.43 bits per heavy atom. The molecule has 6 nitrogen and oxygen atoms in total. The first-order valence-corrected chi connectivity index (χ1v) is 11.1. The molecule has 1 aliphatic heterocycles. The van der Waals surface area contributed by atoms with Crippen LogP contribution in [0.4, 0.5) is 5.69 Å². The molecule has 2 aromatic rings. The number of amides is 1. The Hall–Kier alpha value is -2.12. The summed E-state index contributed by atoms with van der Waals surface area (Å²) in [7, 11) is -1.88. The molecule has 1 saturated heterocycles. The van der Waals surface area contributed by atoms with E-state index < -0.39 is 10.0 Å². The van der Waals surface area contributed by atoms with Crippen LogP contribution in [-0.2, 0) is 17.1 Å². The van der Waals surface area contributed by atoms with E-state index in [2.05, 4.69) is 12.2 Å². The summed E-state index contributed by atoms with van der Waals surface area (Å²) >= 11 is 0. The van der Waals surface area contributed by atoms with Gasteiger partial charge in [0.15, 0.2) is 0 Å². The first-order valence-electron chi connectivity index (χ1n) is 9.67. The molecule has 7 heteroatoms. The lowest BCUT2D eigenvalue weighted by Gasteiger charge is -2.29. The molecule has 0 saturated carbocycles. The first kappa shape index (κ1) is 20.6. The number of benzene rings is 1. The highest BCUT2D eigenvalue weighted by Gasteiger charge is 2.32. The zero-order valence-electron chi connectivity index (χ0n) is 17.2. The lowest BCUT2D eigenvalue weighted by atomic mass is 10.0. The van der Waals surface area contributed by atoms with E-state index in [1.54, 1.807) is 22.8 Å². The first-order chi connectivity index (χ1) is 13.1. The van der Waals surface area contributed by atoms with E-state index in [1.807, 2.05) is 32.0 Å². The maximum Gasteiger partial charge on any atom is 0.272 e. The summed E-state index contributed by atoms with van der Waals surface area (Å²) in [6, 6.07) is 7.23. The van der Waals surface area contributed by atoms with Gasteiger partial charge in [-0.15, -0.1) is 0 Å². The van der Waals surface area contributed by atoms with Gasteiger partial charge in [-0.05, 0) is 62.8 Å². The molecule has 0 bridgehead atoms. The van der Waals surface area contributed by atoms with Gasteiger partial charge in [-0.2, -0.15) is 4.31 Å². The SMILES string of the molecule is Cc1cccc(NC(=O)c2cc(S(=O)(=O)N3CCC(C)CC3)c(C)n2C)c1C. The quantitative estimate of drug-likeness (QED) is 0.847. The third kappa shape index (κ3) is 3.73. The number of nitrogens with one attached hydrogen (secondary N) is 1. The van der Waals surface area contributed by atoms with Crippen LogP contribution in [0.5, 0.6) is 0 Å². The highest BCUT2D eigenvalue weighted by molar-refractivity contribution is 7.89. The van der Waals surface area contributed by atoms with Crippen molar-refractivity contribution in [2.75, 3.05) is 18.4 Å². The minimum absolute atomic E-state index is 0.218. The topological polar surface area (TPSA) is 71.4 Å². The molecule has 0 radical (unpaired) electrons. The number of rotatable bonds is 4. The van der Waals surface area contributed by atoms with Gasteiger partial charge in [0, 0.05) is 31.5 Å². The molecule has 0 spiro atoms. The molecule has 1 fully saturated rings. The van der Waals surface area contributed by atoms with Crippen LogP contribution in [0, 0.1) is 26.7 Å². The molecule has 0 unspecified atom stereocenters. The Balaban J connectivity index is 1.90. The van der Waals surface area contributed by atoms with Crippen molar-refractivity contribution in [3.05, 3.63) is 46.8 Å². The second kappa shape index (κ2) is 7.72. The number of sulfonamides is 1. The second-order valence-electron chi connectivity index (χ2n) is 7.83. The van der Waals surface area contributed by atoms with E-state index in [4.69, 9.17) is 0 Å². The lowest BCUT2D eigenvalue weighted by molar-refractivity contribution is 0.101. The Bertz CT molecular complexity index is 1000. The third-order valence-electron chi connectivity index (χ3n) is 5.93. The predicted octanol–water partition coefficient (Wildman–Crippen LogP) is 3.62. The third-order valence-corrected chi connectivity index (χ3v) is 7.95. The fourth-order valence-corrected chi connectivity index (χ4v) is 5.33. The van der Waals surface area contributed by atoms with Crippen LogP contribution in [-0.4, -0.2) is 36.3 Å². The molecule has 1 aromatic carbocycles. The number of carbonyl (C=O) groups is 1. The van der Waals surface area contributed by atoms with Crippen LogP contribution in [0.25, 0.3) is 0 Å². The summed E-state index contributed by atoms with van der Waals surface area (Å²) in [6.07, 6.45) is 1.73. The van der Waals surface area contributed by atoms with E-state index >= 15 is 0 Å². The minimum atomic E-state index is -3.61. The van der Waals surface area contributed by atoms with E-state index in [1.165, 1.54) is 6.07 Å². The van der Waals surface area contributed by atoms with Gasteiger partial charge in [0.1, 0.15) is 10.6 Å². The van der Waals surface area contributed by atoms with Gasteiger partial charge < -0.3 is 9.88 Å². The monoisotopic (exact) mass is 403 g/mol. The van der Waals surface area contributed by atoms with Crippen LogP contribution in [0.2, 0.25) is 0 Å². The van der Waals surface area contributed by atoms with Gasteiger partial charge in [0.25, 0.3) is 5.91 Å². The van der Waals surface area contributed by atoms with Crippen LogP contribution >= 0.6 is 0 Å². The summed E-state index contributed by atoms with van der Waals surface area (Å²) in [5.74, 6) is 0.232. The number of aryl methyl sites for hydroxylation is 1. The number of carbonyl (C=O) groups excluding carboxylic acids is 1. The van der Waals surface area contributed by atoms with Gasteiger partial charge >= 0.3 is 0 Å². The van der Waals surface area contributed by atoms with Crippen molar-refractivity contribution in [1.82, 2.24) is 8.87 Å². The molecule has 3 rings (SSSR count). The molecule has 28 heavy (non-hydrogen) atoms. The van der Waals surface area contributed by atoms with Gasteiger partial charge in [-0.1, -0.05) is 19.1 Å². The molecule has 1 amide bonds. The average molecular weight is 404 g/mol. The summed E-state index contributed by atoms with van der Waals surface area (Å²) in [5, 5.41) is 2.92. The van der Waals surface area contributed by atoms with Crippen molar-refractivity contribution < 1.29 is 13.2 Å². The van der Waals surface area contributed by atoms with Gasteiger partial charge in [0.2, 0.25) is 10.0 Å². The van der Waals surface area contributed by atoms with Crippen molar-refractivity contribution in [2.45, 2.75) is 45.4 Å². The van der Waals surface area contributed by atoms with Crippen molar-refractivity contribution in [2.24, 2.45) is 13.0 Å². The summed E-state index contributed by atoms with van der Waals surface area (Å²) in [6.45, 7) is 8.89. The average Bonchev–Trinajstić information content (AvgIpc) is 2.95. The Morgan fingerprint density at radius 1 is 1.14 bits per heavy atom. The number of hydrogen-bond acceptors (Lipinski definition) is 3. The fraction of sp³-hybridized carbons (Fsp3) is 0.476. The molecule has 0 atom stereocenters. The van der Waals surface area contributed by atoms with Gasteiger partial charge in [-0.25, -0.2) is 8.42 Å². The van der Waals surface area contributed by atoms with E-state index in [9.17, 15) is 13.2 Å². The van der Waals surface area contributed by atoms with Gasteiger partial charge in [0.05, 0.1) is 0 Å². The van der Waals surface area contributed by atoms with Crippen molar-refractivity contribution >= 4 is 21.6 Å². The summed E-state index contributed by atoms with van der Waals surface area (Å²) in [5.41, 5.74) is 3.73. The smallest absolute Gasteiger partial charge is 0.272 e. The zero-order valence-corrected chi connectivity index (χ0v) is 18.1. The van der Waals surface area contributed by atoms with Crippen molar-refractivity contribution in [3.63, 3.8) is 0 Å². The normalized spacial score (nSPS) is 16.3. The van der Waals surface area contributed by atoms with E-state index in [0.717, 1.165) is 29.7 Å². The molecule has 1 aliphatic rings. The second-order valence-corrected chi connectivity index (χ2v) is 9.73. The van der Waals surface area contributed by atoms with Crippen molar-refractivity contribution in [3.8, 4) is 0 Å². The molecule has 152 valence electrons. The zero-order chi connectivity index (χ0) is 20.6.